The fourth-order valence-corrected chi connectivity index (χ4v) is 1.59. The number of rotatable bonds is 3. The molecule has 2 atom stereocenters. The molecule has 0 bridgehead atoms. The van der Waals surface area contributed by atoms with Crippen LogP contribution in [0.25, 0.3) is 0 Å². The minimum Gasteiger partial charge on any atom is -0.289 e. The van der Waals surface area contributed by atoms with Gasteiger partial charge in [-0.25, -0.2) is 9.22 Å². The predicted molar refractivity (Wildman–Crippen MR) is 60.9 cm³/mol. The Balaban J connectivity index is 2.63. The molecule has 0 radical (unpaired) electrons. The van der Waals surface area contributed by atoms with Crippen LogP contribution in [0.1, 0.15) is 20.3 Å². The minimum absolute atomic E-state index is 0.352. The largest absolute Gasteiger partial charge is 0.289 e. The number of guanidine groups is 1. The van der Waals surface area contributed by atoms with Crippen molar-refractivity contribution in [3.8, 4) is 0 Å². The lowest BCUT2D eigenvalue weighted by Gasteiger charge is -2.17. The summed E-state index contributed by atoms with van der Waals surface area (Å²) in [7, 11) is 0. The number of hydrogen-bond acceptors (Lipinski definition) is 3. The van der Waals surface area contributed by atoms with Crippen molar-refractivity contribution in [2.24, 2.45) is 16.0 Å². The van der Waals surface area contributed by atoms with E-state index in [0.29, 0.717) is 25.0 Å². The number of hydrazone groups is 1. The van der Waals surface area contributed by atoms with E-state index in [-0.39, 0.29) is 0 Å². The number of nitrogens with zero attached hydrogens (tertiary/aromatic N) is 3. The predicted octanol–water partition coefficient (Wildman–Crippen LogP) is 0.416. The van der Waals surface area contributed by atoms with Gasteiger partial charge in [-0.2, -0.15) is 5.10 Å². The first-order chi connectivity index (χ1) is 7.17. The molecule has 1 aliphatic rings. The van der Waals surface area contributed by atoms with Crippen LogP contribution >= 0.6 is 0 Å². The van der Waals surface area contributed by atoms with Gasteiger partial charge in [-0.05, 0) is 13.3 Å². The first-order valence-corrected chi connectivity index (χ1v) is 6.01. The molecule has 0 saturated carbocycles. The van der Waals surface area contributed by atoms with Gasteiger partial charge in [0, 0.05) is 18.7 Å². The molecule has 86 valence electrons. The lowest BCUT2D eigenvalue weighted by molar-refractivity contribution is 0.428. The summed E-state index contributed by atoms with van der Waals surface area (Å²) in [6, 6.07) is 0. The van der Waals surface area contributed by atoms with Crippen LogP contribution in [0.15, 0.2) is 10.1 Å². The van der Waals surface area contributed by atoms with Gasteiger partial charge in [0.15, 0.2) is 0 Å². The molecule has 15 heavy (non-hydrogen) atoms. The SMILES string of the molecule is CCN=C(NS(=O)O)N1CC(CC)C=N1. The summed E-state index contributed by atoms with van der Waals surface area (Å²) in [5.74, 6) is 0.742. The fourth-order valence-electron chi connectivity index (χ4n) is 1.26. The maximum Gasteiger partial charge on any atom is 0.261 e. The average molecular weight is 232 g/mol. The van der Waals surface area contributed by atoms with Crippen LogP contribution in [0, 0.1) is 5.92 Å². The first-order valence-electron chi connectivity index (χ1n) is 4.91. The van der Waals surface area contributed by atoms with Crippen molar-refractivity contribution in [2.45, 2.75) is 20.3 Å². The third kappa shape index (κ3) is 3.60. The van der Waals surface area contributed by atoms with Gasteiger partial charge in [-0.15, -0.1) is 0 Å². The molecule has 2 N–H and O–H groups in total. The van der Waals surface area contributed by atoms with E-state index in [0.717, 1.165) is 6.42 Å². The molecule has 1 aliphatic heterocycles. The zero-order chi connectivity index (χ0) is 11.3. The highest BCUT2D eigenvalue weighted by Crippen LogP contribution is 2.11. The fraction of sp³-hybridized carbons (Fsp3) is 0.750. The normalized spacial score (nSPS) is 23.3. The number of hydrogen-bond donors (Lipinski definition) is 2. The highest BCUT2D eigenvalue weighted by molar-refractivity contribution is 7.77. The van der Waals surface area contributed by atoms with E-state index in [1.54, 1.807) is 5.01 Å². The maximum absolute atomic E-state index is 10.6. The smallest absolute Gasteiger partial charge is 0.261 e. The lowest BCUT2D eigenvalue weighted by Crippen LogP contribution is -2.39. The molecule has 0 saturated heterocycles. The van der Waals surface area contributed by atoms with Crippen LogP contribution in [-0.2, 0) is 11.3 Å². The van der Waals surface area contributed by atoms with E-state index < -0.39 is 11.3 Å². The Kier molecular flexibility index (Phi) is 4.70. The van der Waals surface area contributed by atoms with E-state index >= 15 is 0 Å². The Morgan fingerprint density at radius 2 is 2.53 bits per heavy atom. The van der Waals surface area contributed by atoms with Gasteiger partial charge in [-0.3, -0.25) is 14.3 Å². The quantitative estimate of drug-likeness (QED) is 0.420. The summed E-state index contributed by atoms with van der Waals surface area (Å²) in [5, 5.41) is 5.75. The Hall–Kier alpha value is -0.950. The van der Waals surface area contributed by atoms with Gasteiger partial charge < -0.3 is 0 Å². The van der Waals surface area contributed by atoms with Gasteiger partial charge in [0.25, 0.3) is 11.3 Å². The summed E-state index contributed by atoms with van der Waals surface area (Å²) in [6.07, 6.45) is 2.84. The second-order valence-electron chi connectivity index (χ2n) is 3.16. The van der Waals surface area contributed by atoms with Gasteiger partial charge in [-0.1, -0.05) is 6.92 Å². The molecule has 0 amide bonds. The van der Waals surface area contributed by atoms with E-state index in [1.165, 1.54) is 0 Å². The molecule has 0 fully saturated rings. The number of aliphatic imine (C=N–C) groups is 1. The first kappa shape index (κ1) is 12.1. The molecule has 0 aromatic heterocycles. The van der Waals surface area contributed by atoms with Crippen molar-refractivity contribution in [1.29, 1.82) is 0 Å². The van der Waals surface area contributed by atoms with Crippen LogP contribution in [0.3, 0.4) is 0 Å². The van der Waals surface area contributed by atoms with Gasteiger partial charge in [0.1, 0.15) is 0 Å². The van der Waals surface area contributed by atoms with Crippen LogP contribution in [-0.4, -0.2) is 39.0 Å². The third-order valence-electron chi connectivity index (χ3n) is 2.08. The minimum atomic E-state index is -2.10. The summed E-state index contributed by atoms with van der Waals surface area (Å²) in [6.45, 7) is 5.19. The molecule has 1 heterocycles. The maximum atomic E-state index is 10.6. The molecule has 6 nitrogen and oxygen atoms in total. The highest BCUT2D eigenvalue weighted by atomic mass is 32.2. The van der Waals surface area contributed by atoms with E-state index in [9.17, 15) is 4.21 Å². The monoisotopic (exact) mass is 232 g/mol. The molecule has 2 unspecified atom stereocenters. The van der Waals surface area contributed by atoms with Crippen LogP contribution in [0.4, 0.5) is 0 Å². The second-order valence-corrected chi connectivity index (χ2v) is 3.87. The van der Waals surface area contributed by atoms with Crippen LogP contribution in [0.5, 0.6) is 0 Å². The zero-order valence-electron chi connectivity index (χ0n) is 8.88. The molecule has 7 heteroatoms. The summed E-state index contributed by atoms with van der Waals surface area (Å²) >= 11 is -2.10. The highest BCUT2D eigenvalue weighted by Gasteiger charge is 2.20. The van der Waals surface area contributed by atoms with E-state index in [2.05, 4.69) is 21.7 Å². The Labute approximate surface area is 91.9 Å². The summed E-state index contributed by atoms with van der Waals surface area (Å²) in [5.41, 5.74) is 0. The second kappa shape index (κ2) is 5.82. The van der Waals surface area contributed by atoms with Crippen molar-refractivity contribution in [1.82, 2.24) is 9.73 Å². The molecule has 0 aromatic carbocycles. The molecule has 0 aliphatic carbocycles. The van der Waals surface area contributed by atoms with Crippen molar-refractivity contribution in [3.63, 3.8) is 0 Å². The van der Waals surface area contributed by atoms with Crippen LogP contribution in [0.2, 0.25) is 0 Å². The molecular formula is C8H16N4O2S. The lowest BCUT2D eigenvalue weighted by atomic mass is 10.1. The summed E-state index contributed by atoms with van der Waals surface area (Å²) < 4.78 is 21.7. The average Bonchev–Trinajstić information content (AvgIpc) is 2.64. The van der Waals surface area contributed by atoms with Gasteiger partial charge in [0.05, 0.1) is 6.54 Å². The Bertz CT molecular complexity index is 292. The molecular weight excluding hydrogens is 216 g/mol. The van der Waals surface area contributed by atoms with Crippen molar-refractivity contribution in [3.05, 3.63) is 0 Å². The van der Waals surface area contributed by atoms with Gasteiger partial charge in [0.2, 0.25) is 5.96 Å². The third-order valence-corrected chi connectivity index (χ3v) is 2.44. The molecule has 0 aromatic rings. The standard InChI is InChI=1S/C8H16N4O2S/c1-3-7-5-10-12(6-7)8(9-4-2)11-15(13)14/h5,7H,3-4,6H2,1-2H3,(H,9,11)(H,13,14). The Morgan fingerprint density at radius 1 is 1.80 bits per heavy atom. The van der Waals surface area contributed by atoms with Crippen LogP contribution < -0.4 is 4.72 Å². The van der Waals surface area contributed by atoms with E-state index in [4.69, 9.17) is 4.55 Å². The van der Waals surface area contributed by atoms with Crippen molar-refractivity contribution in [2.75, 3.05) is 13.1 Å². The number of nitrogens with one attached hydrogen (secondary N) is 1. The summed E-state index contributed by atoms with van der Waals surface area (Å²) in [4.78, 5) is 4.08. The molecule has 0 spiro atoms. The van der Waals surface area contributed by atoms with E-state index in [1.807, 2.05) is 13.1 Å². The van der Waals surface area contributed by atoms with Crippen molar-refractivity contribution >= 4 is 23.4 Å². The molecule has 1 rings (SSSR count). The zero-order valence-corrected chi connectivity index (χ0v) is 9.70. The van der Waals surface area contributed by atoms with Crippen molar-refractivity contribution < 1.29 is 8.76 Å². The Morgan fingerprint density at radius 3 is 3.00 bits per heavy atom. The van der Waals surface area contributed by atoms with Gasteiger partial charge >= 0.3 is 0 Å². The topological polar surface area (TPSA) is 77.3 Å².